The molecule has 0 aliphatic heterocycles. The molecule has 0 bridgehead atoms. The standard InChI is InChI=1S/C7H9ClO6P2S/c8-4-1-2-6(17)5(3-4)7(15(9,10)11)16(12,13)14/h1-3,7,17H,(H2,9,10,11)(H2,12,13,14). The van der Waals surface area contributed by atoms with Gasteiger partial charge in [-0.25, -0.2) is 0 Å². The molecule has 0 saturated heterocycles. The summed E-state index contributed by atoms with van der Waals surface area (Å²) < 4.78 is 22.3. The molecular formula is C7H9ClO6P2S. The number of rotatable bonds is 3. The van der Waals surface area contributed by atoms with Crippen LogP contribution in [0.5, 0.6) is 0 Å². The van der Waals surface area contributed by atoms with Crippen LogP contribution in [0.2, 0.25) is 5.02 Å². The van der Waals surface area contributed by atoms with Gasteiger partial charge in [0.15, 0.2) is 5.40 Å². The highest BCUT2D eigenvalue weighted by molar-refractivity contribution is 7.80. The van der Waals surface area contributed by atoms with Gasteiger partial charge in [-0.2, -0.15) is 0 Å². The lowest BCUT2D eigenvalue weighted by molar-refractivity contribution is 0.339. The first kappa shape index (κ1) is 15.2. The Kier molecular flexibility index (Phi) is 4.51. The van der Waals surface area contributed by atoms with Crippen LogP contribution in [-0.2, 0) is 9.13 Å². The van der Waals surface area contributed by atoms with Gasteiger partial charge in [-0.1, -0.05) is 11.6 Å². The molecule has 0 fully saturated rings. The van der Waals surface area contributed by atoms with Gasteiger partial charge in [0, 0.05) is 9.92 Å². The molecule has 1 rings (SSSR count). The maximum Gasteiger partial charge on any atom is 0.345 e. The van der Waals surface area contributed by atoms with Crippen molar-refractivity contribution < 1.29 is 28.7 Å². The van der Waals surface area contributed by atoms with E-state index < -0.39 is 20.6 Å². The Balaban J connectivity index is 3.49. The van der Waals surface area contributed by atoms with Gasteiger partial charge in [0.1, 0.15) is 0 Å². The van der Waals surface area contributed by atoms with E-state index in [1.807, 2.05) is 0 Å². The summed E-state index contributed by atoms with van der Waals surface area (Å²) in [4.78, 5) is 36.1. The zero-order valence-electron chi connectivity index (χ0n) is 8.13. The minimum Gasteiger partial charge on any atom is -0.324 e. The number of halogens is 1. The van der Waals surface area contributed by atoms with E-state index in [9.17, 15) is 9.13 Å². The first-order valence-electron chi connectivity index (χ1n) is 4.12. The minimum atomic E-state index is -5.04. The lowest BCUT2D eigenvalue weighted by Crippen LogP contribution is -2.02. The molecule has 17 heavy (non-hydrogen) atoms. The van der Waals surface area contributed by atoms with Gasteiger partial charge in [0.2, 0.25) is 0 Å². The van der Waals surface area contributed by atoms with Gasteiger partial charge < -0.3 is 19.6 Å². The molecule has 0 radical (unpaired) electrons. The summed E-state index contributed by atoms with van der Waals surface area (Å²) in [6.07, 6.45) is 0. The van der Waals surface area contributed by atoms with E-state index in [2.05, 4.69) is 12.6 Å². The van der Waals surface area contributed by atoms with Gasteiger partial charge in [0.05, 0.1) is 0 Å². The molecule has 10 heteroatoms. The topological polar surface area (TPSA) is 115 Å². The Labute approximate surface area is 107 Å². The molecule has 0 heterocycles. The molecule has 4 N–H and O–H groups in total. The SMILES string of the molecule is O=P(O)(O)C(c1cc(Cl)ccc1S)P(=O)(O)O. The van der Waals surface area contributed by atoms with Crippen LogP contribution in [0.25, 0.3) is 0 Å². The van der Waals surface area contributed by atoms with E-state index in [0.29, 0.717) is 0 Å². The zero-order valence-corrected chi connectivity index (χ0v) is 11.6. The van der Waals surface area contributed by atoms with Crippen LogP contribution in [0.3, 0.4) is 0 Å². The first-order chi connectivity index (χ1) is 7.53. The van der Waals surface area contributed by atoms with E-state index >= 15 is 0 Å². The van der Waals surface area contributed by atoms with Gasteiger partial charge in [-0.3, -0.25) is 9.13 Å². The van der Waals surface area contributed by atoms with Crippen molar-refractivity contribution in [1.82, 2.24) is 0 Å². The maximum absolute atomic E-state index is 11.2. The molecule has 0 spiro atoms. The Morgan fingerprint density at radius 3 is 2.00 bits per heavy atom. The predicted octanol–water partition coefficient (Wildman–Crippen LogP) is 1.98. The van der Waals surface area contributed by atoms with Crippen LogP contribution in [0, 0.1) is 0 Å². The largest absolute Gasteiger partial charge is 0.345 e. The molecule has 0 amide bonds. The maximum atomic E-state index is 11.2. The van der Waals surface area contributed by atoms with Crippen molar-refractivity contribution in [3.8, 4) is 0 Å². The second kappa shape index (κ2) is 5.03. The molecule has 6 nitrogen and oxygen atoms in total. The summed E-state index contributed by atoms with van der Waals surface area (Å²) in [5.41, 5.74) is -0.275. The Morgan fingerprint density at radius 1 is 1.12 bits per heavy atom. The van der Waals surface area contributed by atoms with Crippen molar-refractivity contribution in [2.24, 2.45) is 0 Å². The lowest BCUT2D eigenvalue weighted by atomic mass is 10.2. The van der Waals surface area contributed by atoms with Crippen LogP contribution in [0.15, 0.2) is 23.1 Å². The average molecular weight is 319 g/mol. The van der Waals surface area contributed by atoms with Crippen LogP contribution in [0.1, 0.15) is 11.0 Å². The molecular weight excluding hydrogens is 310 g/mol. The van der Waals surface area contributed by atoms with Crippen molar-refractivity contribution >= 4 is 39.4 Å². The molecule has 0 aromatic heterocycles. The number of hydrogen-bond acceptors (Lipinski definition) is 3. The van der Waals surface area contributed by atoms with Crippen molar-refractivity contribution in [2.45, 2.75) is 10.3 Å². The van der Waals surface area contributed by atoms with Gasteiger partial charge in [-0.15, -0.1) is 12.6 Å². The fraction of sp³-hybridized carbons (Fsp3) is 0.143. The third-order valence-corrected chi connectivity index (χ3v) is 6.18. The van der Waals surface area contributed by atoms with Gasteiger partial charge >= 0.3 is 15.2 Å². The van der Waals surface area contributed by atoms with Crippen LogP contribution in [-0.4, -0.2) is 19.6 Å². The summed E-state index contributed by atoms with van der Waals surface area (Å²) in [5, 5.41) is -2.15. The normalized spacial score (nSPS) is 13.1. The summed E-state index contributed by atoms with van der Waals surface area (Å²) in [7, 11) is -10.1. The first-order valence-corrected chi connectivity index (χ1v) is 8.31. The van der Waals surface area contributed by atoms with Crippen molar-refractivity contribution in [3.05, 3.63) is 28.8 Å². The smallest absolute Gasteiger partial charge is 0.324 e. The molecule has 96 valence electrons. The second-order valence-electron chi connectivity index (χ2n) is 3.25. The summed E-state index contributed by atoms with van der Waals surface area (Å²) in [5.74, 6) is 0. The van der Waals surface area contributed by atoms with Crippen LogP contribution < -0.4 is 0 Å². The summed E-state index contributed by atoms with van der Waals surface area (Å²) in [6.45, 7) is 0. The Hall–Kier alpha value is 0.160. The predicted molar refractivity (Wildman–Crippen MR) is 65.5 cm³/mol. The number of thiol groups is 1. The number of hydrogen-bond donors (Lipinski definition) is 5. The van der Waals surface area contributed by atoms with Gasteiger partial charge in [0.25, 0.3) is 0 Å². The highest BCUT2D eigenvalue weighted by Gasteiger charge is 2.45. The molecule has 1 aromatic rings. The zero-order chi connectivity index (χ0) is 13.4. The van der Waals surface area contributed by atoms with E-state index in [0.717, 1.165) is 6.07 Å². The van der Waals surface area contributed by atoms with E-state index in [-0.39, 0.29) is 15.5 Å². The fourth-order valence-corrected chi connectivity index (χ4v) is 4.66. The van der Waals surface area contributed by atoms with E-state index in [4.69, 9.17) is 31.2 Å². The number of benzene rings is 1. The van der Waals surface area contributed by atoms with Crippen molar-refractivity contribution in [3.63, 3.8) is 0 Å². The molecule has 0 aliphatic rings. The molecule has 0 saturated carbocycles. The Bertz CT molecular complexity index is 501. The molecule has 0 atom stereocenters. The highest BCUT2D eigenvalue weighted by atomic mass is 35.5. The van der Waals surface area contributed by atoms with E-state index in [1.54, 1.807) is 0 Å². The van der Waals surface area contributed by atoms with Crippen molar-refractivity contribution in [2.75, 3.05) is 0 Å². The Morgan fingerprint density at radius 2 is 1.59 bits per heavy atom. The molecule has 0 unspecified atom stereocenters. The minimum absolute atomic E-state index is 0.0473. The van der Waals surface area contributed by atoms with E-state index in [1.165, 1.54) is 12.1 Å². The third-order valence-electron chi connectivity index (χ3n) is 1.90. The monoisotopic (exact) mass is 318 g/mol. The molecule has 1 aromatic carbocycles. The lowest BCUT2D eigenvalue weighted by Gasteiger charge is -2.21. The summed E-state index contributed by atoms with van der Waals surface area (Å²) >= 11 is 9.52. The van der Waals surface area contributed by atoms with Crippen LogP contribution in [0.4, 0.5) is 0 Å². The summed E-state index contributed by atoms with van der Waals surface area (Å²) in [6, 6.07) is 3.77. The highest BCUT2D eigenvalue weighted by Crippen LogP contribution is 2.70. The van der Waals surface area contributed by atoms with Crippen molar-refractivity contribution in [1.29, 1.82) is 0 Å². The molecule has 0 aliphatic carbocycles. The van der Waals surface area contributed by atoms with Gasteiger partial charge in [-0.05, 0) is 23.8 Å². The quantitative estimate of drug-likeness (QED) is 0.430. The second-order valence-corrected chi connectivity index (χ2v) is 7.97. The van der Waals surface area contributed by atoms with Crippen LogP contribution >= 0.6 is 39.4 Å². The average Bonchev–Trinajstić information content (AvgIpc) is 2.06. The third kappa shape index (κ3) is 3.81. The fourth-order valence-electron chi connectivity index (χ4n) is 1.29.